The van der Waals surface area contributed by atoms with Crippen molar-refractivity contribution < 1.29 is 14.3 Å². The molecule has 0 atom stereocenters. The van der Waals surface area contributed by atoms with Crippen molar-refractivity contribution in [1.29, 1.82) is 0 Å². The van der Waals surface area contributed by atoms with E-state index >= 15 is 0 Å². The van der Waals surface area contributed by atoms with Gasteiger partial charge in [0.15, 0.2) is 0 Å². The average molecular weight is 364 g/mol. The summed E-state index contributed by atoms with van der Waals surface area (Å²) in [5.74, 6) is 0.139. The van der Waals surface area contributed by atoms with Crippen molar-refractivity contribution in [3.8, 4) is 0 Å². The molecule has 1 aromatic heterocycles. The highest BCUT2D eigenvalue weighted by Crippen LogP contribution is 2.14. The standard InChI is InChI=1S/C19H32N4O3/c1-6-23-14-16(15(2)20-23)8-9-17(24)21-10-7-11-22(13-12-21)18(25)26-19(3,4)5/h14H,6-13H2,1-5H3. The molecule has 7 nitrogen and oxygen atoms in total. The molecule has 26 heavy (non-hydrogen) atoms. The third-order valence-electron chi connectivity index (χ3n) is 4.48. The van der Waals surface area contributed by atoms with Gasteiger partial charge in [-0.25, -0.2) is 4.79 Å². The van der Waals surface area contributed by atoms with Crippen LogP contribution in [-0.2, 0) is 22.5 Å². The third-order valence-corrected chi connectivity index (χ3v) is 4.48. The summed E-state index contributed by atoms with van der Waals surface area (Å²) in [5, 5.41) is 4.43. The Morgan fingerprint density at radius 1 is 1.15 bits per heavy atom. The quantitative estimate of drug-likeness (QED) is 0.824. The number of hydrogen-bond acceptors (Lipinski definition) is 4. The molecule has 7 heteroatoms. The van der Waals surface area contributed by atoms with Gasteiger partial charge in [0.1, 0.15) is 5.60 Å². The van der Waals surface area contributed by atoms with Gasteiger partial charge in [-0.05, 0) is 53.0 Å². The van der Waals surface area contributed by atoms with Crippen LogP contribution in [0.1, 0.15) is 51.8 Å². The molecule has 2 amide bonds. The number of hydrogen-bond donors (Lipinski definition) is 0. The summed E-state index contributed by atoms with van der Waals surface area (Å²) in [5.41, 5.74) is 1.62. The molecule has 0 aromatic carbocycles. The topological polar surface area (TPSA) is 67.7 Å². The van der Waals surface area contributed by atoms with Gasteiger partial charge in [-0.15, -0.1) is 0 Å². The first-order chi connectivity index (χ1) is 12.2. The fraction of sp³-hybridized carbons (Fsp3) is 0.737. The number of carbonyl (C=O) groups is 2. The maximum Gasteiger partial charge on any atom is 0.410 e. The first kappa shape index (κ1) is 20.3. The molecule has 0 radical (unpaired) electrons. The predicted octanol–water partition coefficient (Wildman–Crippen LogP) is 2.61. The van der Waals surface area contributed by atoms with Gasteiger partial charge in [-0.2, -0.15) is 5.10 Å². The lowest BCUT2D eigenvalue weighted by molar-refractivity contribution is -0.131. The van der Waals surface area contributed by atoms with Gasteiger partial charge < -0.3 is 14.5 Å². The Labute approximate surface area is 156 Å². The van der Waals surface area contributed by atoms with E-state index in [0.717, 1.165) is 24.2 Å². The second-order valence-corrected chi connectivity index (χ2v) is 7.80. The minimum atomic E-state index is -0.500. The number of aryl methyl sites for hydroxylation is 3. The molecule has 0 saturated carbocycles. The van der Waals surface area contributed by atoms with Crippen molar-refractivity contribution in [3.05, 3.63) is 17.5 Å². The van der Waals surface area contributed by atoms with Crippen LogP contribution in [0, 0.1) is 6.92 Å². The van der Waals surface area contributed by atoms with Crippen LogP contribution in [-0.4, -0.2) is 63.4 Å². The molecule has 0 unspecified atom stereocenters. The van der Waals surface area contributed by atoms with Gasteiger partial charge in [0.25, 0.3) is 0 Å². The van der Waals surface area contributed by atoms with Gasteiger partial charge in [-0.3, -0.25) is 9.48 Å². The molecular weight excluding hydrogens is 332 g/mol. The van der Waals surface area contributed by atoms with E-state index in [4.69, 9.17) is 4.74 Å². The number of nitrogens with zero attached hydrogens (tertiary/aromatic N) is 4. The summed E-state index contributed by atoms with van der Waals surface area (Å²) in [6, 6.07) is 0. The van der Waals surface area contributed by atoms with E-state index in [9.17, 15) is 9.59 Å². The molecule has 146 valence electrons. The smallest absolute Gasteiger partial charge is 0.410 e. The van der Waals surface area contributed by atoms with Crippen molar-refractivity contribution in [2.24, 2.45) is 0 Å². The molecule has 2 heterocycles. The van der Waals surface area contributed by atoms with Crippen molar-refractivity contribution >= 4 is 12.0 Å². The van der Waals surface area contributed by atoms with E-state index in [2.05, 4.69) is 12.0 Å². The van der Waals surface area contributed by atoms with Gasteiger partial charge in [0, 0.05) is 45.3 Å². The zero-order valence-electron chi connectivity index (χ0n) is 16.7. The summed E-state index contributed by atoms with van der Waals surface area (Å²) < 4.78 is 7.34. The Balaban J connectivity index is 1.85. The van der Waals surface area contributed by atoms with Gasteiger partial charge in [-0.1, -0.05) is 0 Å². The summed E-state index contributed by atoms with van der Waals surface area (Å²) in [6.45, 7) is 12.8. The highest BCUT2D eigenvalue weighted by molar-refractivity contribution is 5.76. The SMILES string of the molecule is CCn1cc(CCC(=O)N2CCCN(C(=O)OC(C)(C)C)CC2)c(C)n1. The average Bonchev–Trinajstić information content (AvgIpc) is 2.76. The number of ether oxygens (including phenoxy) is 1. The Morgan fingerprint density at radius 3 is 2.42 bits per heavy atom. The van der Waals surface area contributed by atoms with Crippen LogP contribution in [0.5, 0.6) is 0 Å². The molecule has 1 aliphatic rings. The number of amides is 2. The highest BCUT2D eigenvalue weighted by Gasteiger charge is 2.25. The van der Waals surface area contributed by atoms with Crippen LogP contribution in [0.4, 0.5) is 4.79 Å². The normalized spacial score (nSPS) is 15.7. The summed E-state index contributed by atoms with van der Waals surface area (Å²) in [6.07, 6.45) is 3.68. The third kappa shape index (κ3) is 5.75. The lowest BCUT2D eigenvalue weighted by Gasteiger charge is -2.26. The molecule has 0 spiro atoms. The predicted molar refractivity (Wildman–Crippen MR) is 100.0 cm³/mol. The summed E-state index contributed by atoms with van der Waals surface area (Å²) >= 11 is 0. The Hall–Kier alpha value is -2.05. The molecule has 0 N–H and O–H groups in total. The van der Waals surface area contributed by atoms with E-state index in [1.54, 1.807) is 4.90 Å². The molecule has 2 rings (SSSR count). The Bertz CT molecular complexity index is 633. The molecule has 1 fully saturated rings. The molecule has 1 saturated heterocycles. The van der Waals surface area contributed by atoms with E-state index in [1.807, 2.05) is 43.5 Å². The highest BCUT2D eigenvalue weighted by atomic mass is 16.6. The number of aromatic nitrogens is 2. The fourth-order valence-electron chi connectivity index (χ4n) is 3.04. The van der Waals surface area contributed by atoms with Crippen molar-refractivity contribution in [1.82, 2.24) is 19.6 Å². The van der Waals surface area contributed by atoms with Crippen molar-refractivity contribution in [3.63, 3.8) is 0 Å². The van der Waals surface area contributed by atoms with E-state index in [1.165, 1.54) is 0 Å². The van der Waals surface area contributed by atoms with Gasteiger partial charge in [0.05, 0.1) is 5.69 Å². The zero-order chi connectivity index (χ0) is 19.3. The molecular formula is C19H32N4O3. The monoisotopic (exact) mass is 364 g/mol. The molecule has 1 aromatic rings. The van der Waals surface area contributed by atoms with Crippen LogP contribution in [0.25, 0.3) is 0 Å². The van der Waals surface area contributed by atoms with Crippen LogP contribution in [0.2, 0.25) is 0 Å². The van der Waals surface area contributed by atoms with Crippen molar-refractivity contribution in [2.75, 3.05) is 26.2 Å². The fourth-order valence-corrected chi connectivity index (χ4v) is 3.04. The van der Waals surface area contributed by atoms with Crippen LogP contribution in [0.3, 0.4) is 0 Å². The number of rotatable bonds is 4. The van der Waals surface area contributed by atoms with E-state index < -0.39 is 5.60 Å². The van der Waals surface area contributed by atoms with Crippen LogP contribution >= 0.6 is 0 Å². The van der Waals surface area contributed by atoms with Gasteiger partial charge >= 0.3 is 6.09 Å². The zero-order valence-corrected chi connectivity index (χ0v) is 16.7. The van der Waals surface area contributed by atoms with Crippen molar-refractivity contribution in [2.45, 2.75) is 66.0 Å². The molecule has 0 aliphatic carbocycles. The minimum Gasteiger partial charge on any atom is -0.444 e. The summed E-state index contributed by atoms with van der Waals surface area (Å²) in [7, 11) is 0. The minimum absolute atomic E-state index is 0.139. The molecule has 1 aliphatic heterocycles. The van der Waals surface area contributed by atoms with Crippen LogP contribution in [0.15, 0.2) is 6.20 Å². The Kier molecular flexibility index (Phi) is 6.67. The lowest BCUT2D eigenvalue weighted by atomic mass is 10.1. The van der Waals surface area contributed by atoms with E-state index in [0.29, 0.717) is 39.0 Å². The maximum atomic E-state index is 12.6. The van der Waals surface area contributed by atoms with E-state index in [-0.39, 0.29) is 12.0 Å². The maximum absolute atomic E-state index is 12.6. The number of carbonyl (C=O) groups excluding carboxylic acids is 2. The second-order valence-electron chi connectivity index (χ2n) is 7.80. The second kappa shape index (κ2) is 8.56. The first-order valence-electron chi connectivity index (χ1n) is 9.48. The summed E-state index contributed by atoms with van der Waals surface area (Å²) in [4.78, 5) is 28.4. The molecule has 0 bridgehead atoms. The van der Waals surface area contributed by atoms with Gasteiger partial charge in [0.2, 0.25) is 5.91 Å². The largest absolute Gasteiger partial charge is 0.444 e. The lowest BCUT2D eigenvalue weighted by Crippen LogP contribution is -2.40. The van der Waals surface area contributed by atoms with Crippen LogP contribution < -0.4 is 0 Å². The Morgan fingerprint density at radius 2 is 1.81 bits per heavy atom. The first-order valence-corrected chi connectivity index (χ1v) is 9.48.